The maximum Gasteiger partial charge on any atom is 0.309 e. The van der Waals surface area contributed by atoms with Gasteiger partial charge in [-0.05, 0) is 42.4 Å². The van der Waals surface area contributed by atoms with Gasteiger partial charge in [-0.25, -0.2) is 0 Å². The molecule has 5 rings (SSSR count). The topological polar surface area (TPSA) is 77.5 Å². The molecule has 3 heterocycles. The number of fused-ring (bicyclic) bond motifs is 2. The van der Waals surface area contributed by atoms with Crippen LogP contribution in [0.4, 0.5) is 0 Å². The zero-order chi connectivity index (χ0) is 18.5. The van der Waals surface area contributed by atoms with E-state index in [1.54, 1.807) is 0 Å². The fraction of sp³-hybridized carbons (Fsp3) is 0.350. The molecule has 0 radical (unpaired) electrons. The van der Waals surface area contributed by atoms with Gasteiger partial charge in [0.05, 0.1) is 5.92 Å². The first-order valence-electron chi connectivity index (χ1n) is 8.84. The number of carboxylic acids is 1. The molecule has 0 bridgehead atoms. The summed E-state index contributed by atoms with van der Waals surface area (Å²) >= 11 is 0. The number of benzene rings is 2. The van der Waals surface area contributed by atoms with Crippen molar-refractivity contribution in [1.82, 2.24) is 4.90 Å². The third-order valence-corrected chi connectivity index (χ3v) is 5.58. The van der Waals surface area contributed by atoms with Crippen LogP contribution in [-0.4, -0.2) is 43.2 Å². The molecule has 1 N–H and O–H groups in total. The molecule has 7 nitrogen and oxygen atoms in total. The molecule has 0 amide bonds. The second-order valence-corrected chi connectivity index (χ2v) is 7.08. The summed E-state index contributed by atoms with van der Waals surface area (Å²) in [5.74, 6) is 1.17. The summed E-state index contributed by atoms with van der Waals surface area (Å²) in [4.78, 5) is 14.3. The first-order valence-corrected chi connectivity index (χ1v) is 8.84. The average Bonchev–Trinajstić information content (AvgIpc) is 3.37. The number of hydrogen-bond donors (Lipinski definition) is 1. The van der Waals surface area contributed by atoms with Gasteiger partial charge in [0.1, 0.15) is 0 Å². The highest BCUT2D eigenvalue weighted by Crippen LogP contribution is 2.48. The lowest BCUT2D eigenvalue weighted by Crippen LogP contribution is -2.26. The van der Waals surface area contributed by atoms with E-state index in [0.29, 0.717) is 29.5 Å². The Morgan fingerprint density at radius 1 is 0.926 bits per heavy atom. The number of hydrogen-bond acceptors (Lipinski definition) is 6. The van der Waals surface area contributed by atoms with E-state index < -0.39 is 11.9 Å². The van der Waals surface area contributed by atoms with Crippen LogP contribution in [0.3, 0.4) is 0 Å². The smallest absolute Gasteiger partial charge is 0.309 e. The summed E-state index contributed by atoms with van der Waals surface area (Å²) in [6.07, 6.45) is 0. The summed E-state index contributed by atoms with van der Waals surface area (Å²) in [7, 11) is 1.96. The highest BCUT2D eigenvalue weighted by Gasteiger charge is 2.46. The number of aliphatic carboxylic acids is 1. The Labute approximate surface area is 156 Å². The van der Waals surface area contributed by atoms with Crippen molar-refractivity contribution in [1.29, 1.82) is 0 Å². The van der Waals surface area contributed by atoms with E-state index in [4.69, 9.17) is 18.9 Å². The molecule has 1 saturated heterocycles. The molecule has 7 heteroatoms. The van der Waals surface area contributed by atoms with Gasteiger partial charge < -0.3 is 24.1 Å². The third kappa shape index (κ3) is 2.57. The largest absolute Gasteiger partial charge is 0.481 e. The molecule has 2 aromatic carbocycles. The maximum atomic E-state index is 12.2. The summed E-state index contributed by atoms with van der Waals surface area (Å²) < 4.78 is 21.7. The Bertz CT molecular complexity index is 913. The van der Waals surface area contributed by atoms with E-state index in [2.05, 4.69) is 4.90 Å². The van der Waals surface area contributed by atoms with Gasteiger partial charge in [0.2, 0.25) is 13.6 Å². The van der Waals surface area contributed by atoms with Crippen LogP contribution in [0.5, 0.6) is 23.0 Å². The number of carboxylic acid groups (broad SMARTS) is 1. The number of rotatable bonds is 3. The summed E-state index contributed by atoms with van der Waals surface area (Å²) in [5.41, 5.74) is 1.86. The van der Waals surface area contributed by atoms with Gasteiger partial charge in [-0.1, -0.05) is 12.1 Å². The van der Waals surface area contributed by atoms with Gasteiger partial charge in [-0.15, -0.1) is 0 Å². The molecule has 27 heavy (non-hydrogen) atoms. The molecule has 3 aliphatic heterocycles. The predicted octanol–water partition coefficient (Wildman–Crippen LogP) is 2.62. The van der Waals surface area contributed by atoms with Gasteiger partial charge in [-0.2, -0.15) is 0 Å². The molecule has 0 spiro atoms. The molecule has 140 valence electrons. The van der Waals surface area contributed by atoms with Crippen LogP contribution in [-0.2, 0) is 4.79 Å². The highest BCUT2D eigenvalue weighted by molar-refractivity contribution is 5.74. The van der Waals surface area contributed by atoms with E-state index in [0.717, 1.165) is 11.1 Å². The van der Waals surface area contributed by atoms with Crippen LogP contribution in [0.1, 0.15) is 23.1 Å². The van der Waals surface area contributed by atoms with Crippen molar-refractivity contribution in [2.75, 3.05) is 27.2 Å². The van der Waals surface area contributed by atoms with Crippen LogP contribution in [0.15, 0.2) is 36.4 Å². The van der Waals surface area contributed by atoms with Crippen LogP contribution in [0.2, 0.25) is 0 Å². The first-order chi connectivity index (χ1) is 13.1. The number of ether oxygens (including phenoxy) is 4. The molecule has 3 atom stereocenters. The number of likely N-dealkylation sites (tertiary alicyclic amines) is 1. The van der Waals surface area contributed by atoms with E-state index in [9.17, 15) is 9.90 Å². The van der Waals surface area contributed by atoms with Crippen LogP contribution in [0, 0.1) is 5.92 Å². The van der Waals surface area contributed by atoms with Crippen LogP contribution >= 0.6 is 0 Å². The predicted molar refractivity (Wildman–Crippen MR) is 94.4 cm³/mol. The van der Waals surface area contributed by atoms with Crippen molar-refractivity contribution in [3.63, 3.8) is 0 Å². The minimum absolute atomic E-state index is 0.155. The average molecular weight is 369 g/mol. The van der Waals surface area contributed by atoms with E-state index in [-0.39, 0.29) is 25.5 Å². The minimum Gasteiger partial charge on any atom is -0.481 e. The van der Waals surface area contributed by atoms with Crippen molar-refractivity contribution < 1.29 is 28.8 Å². The molecular formula is C20H19NO6. The van der Waals surface area contributed by atoms with Crippen molar-refractivity contribution >= 4 is 5.97 Å². The Hall–Kier alpha value is -2.93. The van der Waals surface area contributed by atoms with E-state index in [1.807, 2.05) is 43.4 Å². The van der Waals surface area contributed by atoms with Crippen LogP contribution < -0.4 is 18.9 Å². The van der Waals surface area contributed by atoms with Crippen molar-refractivity contribution in [2.24, 2.45) is 5.92 Å². The number of nitrogens with zero attached hydrogens (tertiary/aromatic N) is 1. The molecular weight excluding hydrogens is 350 g/mol. The zero-order valence-corrected chi connectivity index (χ0v) is 14.8. The maximum absolute atomic E-state index is 12.2. The molecule has 3 aliphatic rings. The fourth-order valence-electron chi connectivity index (χ4n) is 4.35. The van der Waals surface area contributed by atoms with Crippen molar-refractivity contribution in [2.45, 2.75) is 12.0 Å². The quantitative estimate of drug-likeness (QED) is 0.891. The van der Waals surface area contributed by atoms with E-state index >= 15 is 0 Å². The third-order valence-electron chi connectivity index (χ3n) is 5.58. The Balaban J connectivity index is 1.52. The Morgan fingerprint density at radius 2 is 1.48 bits per heavy atom. The SMILES string of the molecule is CN1CC(c2ccc3c(c2)OCO3)C(C(=O)O)C1c1ccc2c(c1)OCO2. The lowest BCUT2D eigenvalue weighted by Gasteiger charge is -2.24. The molecule has 2 aromatic rings. The zero-order valence-electron chi connectivity index (χ0n) is 14.8. The minimum atomic E-state index is -0.815. The molecule has 0 aliphatic carbocycles. The van der Waals surface area contributed by atoms with E-state index in [1.165, 1.54) is 0 Å². The molecule has 3 unspecified atom stereocenters. The lowest BCUT2D eigenvalue weighted by atomic mass is 9.82. The van der Waals surface area contributed by atoms with Gasteiger partial charge >= 0.3 is 5.97 Å². The fourth-order valence-corrected chi connectivity index (χ4v) is 4.35. The standard InChI is InChI=1S/C20H19NO6/c1-21-8-13(11-2-4-14-16(6-11)26-9-24-14)18(20(22)23)19(21)12-3-5-15-17(7-12)27-10-25-15/h2-7,13,18-19H,8-10H2,1H3,(H,22,23). The molecule has 0 saturated carbocycles. The monoisotopic (exact) mass is 369 g/mol. The highest BCUT2D eigenvalue weighted by atomic mass is 16.7. The van der Waals surface area contributed by atoms with Gasteiger partial charge in [0.25, 0.3) is 0 Å². The Kier molecular flexibility index (Phi) is 3.65. The first kappa shape index (κ1) is 16.3. The number of likely N-dealkylation sites (N-methyl/N-ethyl adjacent to an activating group) is 1. The van der Waals surface area contributed by atoms with Crippen LogP contribution in [0.25, 0.3) is 0 Å². The lowest BCUT2D eigenvalue weighted by molar-refractivity contribution is -0.143. The molecule has 1 fully saturated rings. The summed E-state index contributed by atoms with van der Waals surface area (Å²) in [6.45, 7) is 1.03. The van der Waals surface area contributed by atoms with Crippen molar-refractivity contribution in [3.05, 3.63) is 47.5 Å². The Morgan fingerprint density at radius 3 is 2.11 bits per heavy atom. The number of carbonyl (C=O) groups is 1. The second-order valence-electron chi connectivity index (χ2n) is 7.08. The normalized spacial score (nSPS) is 25.7. The van der Waals surface area contributed by atoms with Gasteiger partial charge in [0, 0.05) is 18.5 Å². The summed E-state index contributed by atoms with van der Waals surface area (Å²) in [5, 5.41) is 10.0. The van der Waals surface area contributed by atoms with Crippen molar-refractivity contribution in [3.8, 4) is 23.0 Å². The second kappa shape index (κ2) is 6.06. The van der Waals surface area contributed by atoms with Gasteiger partial charge in [-0.3, -0.25) is 9.69 Å². The summed E-state index contributed by atoms with van der Waals surface area (Å²) in [6, 6.07) is 11.1. The molecule has 0 aromatic heterocycles. The van der Waals surface area contributed by atoms with Gasteiger partial charge in [0.15, 0.2) is 23.0 Å².